The van der Waals surface area contributed by atoms with Gasteiger partial charge in [0, 0.05) is 19.0 Å². The number of aromatic nitrogens is 2. The summed E-state index contributed by atoms with van der Waals surface area (Å²) >= 11 is 0. The molecular weight excluding hydrogens is 356 g/mol. The third-order valence-electron chi connectivity index (χ3n) is 4.18. The summed E-state index contributed by atoms with van der Waals surface area (Å²) in [6, 6.07) is 9.91. The minimum absolute atomic E-state index is 0.144. The van der Waals surface area contributed by atoms with Crippen molar-refractivity contribution in [2.24, 2.45) is 0 Å². The topological polar surface area (TPSA) is 68.5 Å². The average Bonchev–Trinajstić information content (AvgIpc) is 3.09. The van der Waals surface area contributed by atoms with Crippen LogP contribution in [0.1, 0.15) is 27.8 Å². The lowest BCUT2D eigenvalue weighted by atomic mass is 10.1. The van der Waals surface area contributed by atoms with E-state index in [9.17, 15) is 13.6 Å². The summed E-state index contributed by atoms with van der Waals surface area (Å²) in [5.74, 6) is -0.795. The predicted octanol–water partition coefficient (Wildman–Crippen LogP) is 3.13. The van der Waals surface area contributed by atoms with E-state index in [1.165, 1.54) is 4.90 Å². The lowest BCUT2D eigenvalue weighted by Crippen LogP contribution is -2.36. The molecule has 0 saturated heterocycles. The van der Waals surface area contributed by atoms with Gasteiger partial charge in [-0.15, -0.1) is 0 Å². The standard InChI is InChI=1S/C19H15F2N3O3/c20-12-8-14(21)18(22-9-12)19(25)24-7-6-15-16(10-24)27-17(23-15)11-26-13-4-2-1-3-5-13/h1-5,8-9H,6-7,10-11H2. The van der Waals surface area contributed by atoms with Crippen molar-refractivity contribution in [2.45, 2.75) is 19.6 Å². The molecule has 6 nitrogen and oxygen atoms in total. The second-order valence-electron chi connectivity index (χ2n) is 6.04. The first-order valence-electron chi connectivity index (χ1n) is 8.36. The first-order valence-corrected chi connectivity index (χ1v) is 8.36. The van der Waals surface area contributed by atoms with Crippen LogP contribution in [0.25, 0.3) is 0 Å². The van der Waals surface area contributed by atoms with E-state index < -0.39 is 23.2 Å². The van der Waals surface area contributed by atoms with Crippen LogP contribution in [0.5, 0.6) is 5.75 Å². The summed E-state index contributed by atoms with van der Waals surface area (Å²) in [4.78, 5) is 21.8. The van der Waals surface area contributed by atoms with Crippen LogP contribution in [0.4, 0.5) is 8.78 Å². The molecule has 0 atom stereocenters. The van der Waals surface area contributed by atoms with Gasteiger partial charge in [0.15, 0.2) is 18.1 Å². The Morgan fingerprint density at radius 2 is 2.07 bits per heavy atom. The molecule has 0 radical (unpaired) electrons. The molecule has 0 fully saturated rings. The van der Waals surface area contributed by atoms with E-state index in [0.29, 0.717) is 36.4 Å². The predicted molar refractivity (Wildman–Crippen MR) is 89.9 cm³/mol. The second kappa shape index (κ2) is 7.14. The molecule has 0 unspecified atom stereocenters. The number of pyridine rings is 1. The van der Waals surface area contributed by atoms with E-state index >= 15 is 0 Å². The number of hydrogen-bond acceptors (Lipinski definition) is 5. The van der Waals surface area contributed by atoms with Crippen LogP contribution in [0.15, 0.2) is 47.0 Å². The van der Waals surface area contributed by atoms with E-state index in [4.69, 9.17) is 9.15 Å². The Morgan fingerprint density at radius 1 is 1.26 bits per heavy atom. The highest BCUT2D eigenvalue weighted by Crippen LogP contribution is 2.22. The Hall–Kier alpha value is -3.29. The number of ether oxygens (including phenoxy) is 1. The van der Waals surface area contributed by atoms with Crippen LogP contribution < -0.4 is 4.74 Å². The fourth-order valence-corrected chi connectivity index (χ4v) is 2.87. The van der Waals surface area contributed by atoms with Crippen LogP contribution in [0.3, 0.4) is 0 Å². The quantitative estimate of drug-likeness (QED) is 0.705. The van der Waals surface area contributed by atoms with Crippen molar-refractivity contribution in [3.8, 4) is 5.75 Å². The molecule has 3 heterocycles. The Labute approximate surface area is 153 Å². The van der Waals surface area contributed by atoms with E-state index in [2.05, 4.69) is 9.97 Å². The summed E-state index contributed by atoms with van der Waals surface area (Å²) in [6.07, 6.45) is 1.29. The molecule has 1 aromatic carbocycles. The van der Waals surface area contributed by atoms with Crippen molar-refractivity contribution in [2.75, 3.05) is 6.54 Å². The molecule has 0 aliphatic carbocycles. The van der Waals surface area contributed by atoms with Gasteiger partial charge < -0.3 is 14.1 Å². The molecule has 27 heavy (non-hydrogen) atoms. The number of rotatable bonds is 4. The lowest BCUT2D eigenvalue weighted by molar-refractivity contribution is 0.0706. The third kappa shape index (κ3) is 3.64. The smallest absolute Gasteiger partial charge is 0.275 e. The van der Waals surface area contributed by atoms with E-state index in [1.807, 2.05) is 30.3 Å². The number of carbonyl (C=O) groups excluding carboxylic acids is 1. The zero-order valence-electron chi connectivity index (χ0n) is 14.2. The van der Waals surface area contributed by atoms with E-state index in [-0.39, 0.29) is 13.2 Å². The first-order chi connectivity index (χ1) is 13.1. The number of fused-ring (bicyclic) bond motifs is 1. The number of oxazole rings is 1. The maximum absolute atomic E-state index is 13.8. The van der Waals surface area contributed by atoms with Gasteiger partial charge >= 0.3 is 0 Å². The van der Waals surface area contributed by atoms with Crippen molar-refractivity contribution in [3.05, 3.63) is 77.3 Å². The fraction of sp³-hybridized carbons (Fsp3) is 0.211. The largest absolute Gasteiger partial charge is 0.484 e. The number of amides is 1. The normalized spacial score (nSPS) is 13.3. The molecule has 4 rings (SSSR count). The molecule has 3 aromatic rings. The van der Waals surface area contributed by atoms with Crippen LogP contribution in [0, 0.1) is 11.6 Å². The number of nitrogens with zero attached hydrogens (tertiary/aromatic N) is 3. The molecule has 0 bridgehead atoms. The molecular formula is C19H15F2N3O3. The molecule has 2 aromatic heterocycles. The Morgan fingerprint density at radius 3 is 2.85 bits per heavy atom. The van der Waals surface area contributed by atoms with Gasteiger partial charge in [0.05, 0.1) is 18.4 Å². The molecule has 1 amide bonds. The molecule has 8 heteroatoms. The fourth-order valence-electron chi connectivity index (χ4n) is 2.87. The van der Waals surface area contributed by atoms with Crippen LogP contribution in [-0.4, -0.2) is 27.3 Å². The monoisotopic (exact) mass is 371 g/mol. The number of para-hydroxylation sites is 1. The van der Waals surface area contributed by atoms with Gasteiger partial charge in [0.25, 0.3) is 5.91 Å². The highest BCUT2D eigenvalue weighted by Gasteiger charge is 2.28. The van der Waals surface area contributed by atoms with Gasteiger partial charge in [-0.3, -0.25) is 4.79 Å². The molecule has 0 saturated carbocycles. The first kappa shape index (κ1) is 17.1. The number of halogens is 2. The maximum atomic E-state index is 13.8. The summed E-state index contributed by atoms with van der Waals surface area (Å²) in [5.41, 5.74) is 0.338. The average molecular weight is 371 g/mol. The van der Waals surface area contributed by atoms with E-state index in [0.717, 1.165) is 11.9 Å². The van der Waals surface area contributed by atoms with Gasteiger partial charge in [-0.25, -0.2) is 18.7 Å². The van der Waals surface area contributed by atoms with Crippen molar-refractivity contribution >= 4 is 5.91 Å². The van der Waals surface area contributed by atoms with Crippen molar-refractivity contribution < 1.29 is 22.7 Å². The third-order valence-corrected chi connectivity index (χ3v) is 4.18. The van der Waals surface area contributed by atoms with Crippen LogP contribution in [-0.2, 0) is 19.6 Å². The Kier molecular flexibility index (Phi) is 4.53. The summed E-state index contributed by atoms with van der Waals surface area (Å²) in [6.45, 7) is 0.653. The number of carbonyl (C=O) groups is 1. The highest BCUT2D eigenvalue weighted by atomic mass is 19.1. The molecule has 0 N–H and O–H groups in total. The number of benzene rings is 1. The Balaban J connectivity index is 1.45. The zero-order chi connectivity index (χ0) is 18.8. The minimum atomic E-state index is -0.986. The van der Waals surface area contributed by atoms with Crippen LogP contribution >= 0.6 is 0 Å². The summed E-state index contributed by atoms with van der Waals surface area (Å²) in [7, 11) is 0. The van der Waals surface area contributed by atoms with E-state index in [1.54, 1.807) is 0 Å². The van der Waals surface area contributed by atoms with Gasteiger partial charge in [0.2, 0.25) is 5.89 Å². The number of hydrogen-bond donors (Lipinski definition) is 0. The van der Waals surface area contributed by atoms with Gasteiger partial charge in [-0.05, 0) is 12.1 Å². The van der Waals surface area contributed by atoms with Crippen molar-refractivity contribution in [1.82, 2.24) is 14.9 Å². The van der Waals surface area contributed by atoms with Crippen molar-refractivity contribution in [1.29, 1.82) is 0 Å². The van der Waals surface area contributed by atoms with Crippen LogP contribution in [0.2, 0.25) is 0 Å². The SMILES string of the molecule is O=C(c1ncc(F)cc1F)N1CCc2nc(COc3ccccc3)oc2C1. The zero-order valence-corrected chi connectivity index (χ0v) is 14.2. The minimum Gasteiger partial charge on any atom is -0.484 e. The van der Waals surface area contributed by atoms with Gasteiger partial charge in [0.1, 0.15) is 17.3 Å². The maximum Gasteiger partial charge on any atom is 0.275 e. The lowest BCUT2D eigenvalue weighted by Gasteiger charge is -2.24. The molecule has 138 valence electrons. The molecule has 0 spiro atoms. The van der Waals surface area contributed by atoms with Gasteiger partial charge in [-0.1, -0.05) is 18.2 Å². The Bertz CT molecular complexity index is 976. The van der Waals surface area contributed by atoms with Gasteiger partial charge in [-0.2, -0.15) is 0 Å². The second-order valence-corrected chi connectivity index (χ2v) is 6.04. The highest BCUT2D eigenvalue weighted by molar-refractivity contribution is 5.92. The summed E-state index contributed by atoms with van der Waals surface area (Å²) < 4.78 is 38.1. The van der Waals surface area contributed by atoms with Crippen molar-refractivity contribution in [3.63, 3.8) is 0 Å². The summed E-state index contributed by atoms with van der Waals surface area (Å²) in [5, 5.41) is 0. The molecule has 1 aliphatic rings. The molecule has 1 aliphatic heterocycles.